The summed E-state index contributed by atoms with van der Waals surface area (Å²) in [5.74, 6) is -0.199. The van der Waals surface area contributed by atoms with Gasteiger partial charge in [-0.1, -0.05) is 48.5 Å². The standard InChI is InChI=1S/C25H20O6/c1-28-24(26)18-13-11-17(12-14-18)15-30-25(27)23-21(16-29-19-7-3-2-4-8-19)20-9-5-6-10-22(20)31-23/h2-14H,15-16H2,1H3. The van der Waals surface area contributed by atoms with Crippen molar-refractivity contribution < 1.29 is 28.2 Å². The third-order valence-electron chi connectivity index (χ3n) is 4.76. The third kappa shape index (κ3) is 4.59. The lowest BCUT2D eigenvalue weighted by Gasteiger charge is -2.08. The second kappa shape index (κ2) is 9.17. The van der Waals surface area contributed by atoms with Crippen LogP contribution in [0.2, 0.25) is 0 Å². The Balaban J connectivity index is 1.51. The largest absolute Gasteiger partial charge is 0.489 e. The number of benzene rings is 3. The highest BCUT2D eigenvalue weighted by molar-refractivity contribution is 5.96. The topological polar surface area (TPSA) is 75.0 Å². The molecule has 0 aliphatic carbocycles. The molecule has 0 N–H and O–H groups in total. The molecule has 0 saturated carbocycles. The molecule has 0 amide bonds. The number of esters is 2. The first kappa shape index (κ1) is 20.2. The highest BCUT2D eigenvalue weighted by Crippen LogP contribution is 2.28. The van der Waals surface area contributed by atoms with Crippen molar-refractivity contribution in [1.82, 2.24) is 0 Å². The summed E-state index contributed by atoms with van der Waals surface area (Å²) < 4.78 is 21.8. The zero-order valence-electron chi connectivity index (χ0n) is 16.9. The zero-order valence-corrected chi connectivity index (χ0v) is 16.9. The van der Waals surface area contributed by atoms with E-state index in [0.717, 1.165) is 10.9 Å². The van der Waals surface area contributed by atoms with Gasteiger partial charge in [-0.05, 0) is 35.9 Å². The number of para-hydroxylation sites is 2. The smallest absolute Gasteiger partial charge is 0.375 e. The van der Waals surface area contributed by atoms with Gasteiger partial charge in [-0.15, -0.1) is 0 Å². The number of ether oxygens (including phenoxy) is 3. The van der Waals surface area contributed by atoms with Gasteiger partial charge in [0.25, 0.3) is 0 Å². The summed E-state index contributed by atoms with van der Waals surface area (Å²) >= 11 is 0. The predicted octanol–water partition coefficient (Wildman–Crippen LogP) is 5.16. The number of methoxy groups -OCH3 is 1. The number of furan rings is 1. The summed E-state index contributed by atoms with van der Waals surface area (Å²) in [7, 11) is 1.32. The predicted molar refractivity (Wildman–Crippen MR) is 114 cm³/mol. The van der Waals surface area contributed by atoms with Gasteiger partial charge in [0.2, 0.25) is 5.76 Å². The highest BCUT2D eigenvalue weighted by atomic mass is 16.5. The van der Waals surface area contributed by atoms with Crippen LogP contribution in [0.4, 0.5) is 0 Å². The van der Waals surface area contributed by atoms with Crippen molar-refractivity contribution in [3.05, 3.63) is 101 Å². The molecule has 4 aromatic rings. The number of fused-ring (bicyclic) bond motifs is 1. The molecule has 6 heteroatoms. The molecule has 0 radical (unpaired) electrons. The van der Waals surface area contributed by atoms with Crippen LogP contribution in [0.3, 0.4) is 0 Å². The van der Waals surface area contributed by atoms with Crippen molar-refractivity contribution in [2.24, 2.45) is 0 Å². The maximum absolute atomic E-state index is 12.8. The van der Waals surface area contributed by atoms with Gasteiger partial charge in [-0.25, -0.2) is 9.59 Å². The maximum Gasteiger partial charge on any atom is 0.375 e. The Labute approximate surface area is 179 Å². The molecule has 1 heterocycles. The lowest BCUT2D eigenvalue weighted by Crippen LogP contribution is -2.08. The van der Waals surface area contributed by atoms with Crippen molar-refractivity contribution in [3.8, 4) is 5.75 Å². The number of carbonyl (C=O) groups is 2. The average Bonchev–Trinajstić information content (AvgIpc) is 3.20. The Morgan fingerprint density at radius 2 is 1.52 bits per heavy atom. The Morgan fingerprint density at radius 3 is 2.26 bits per heavy atom. The molecule has 3 aromatic carbocycles. The van der Waals surface area contributed by atoms with Gasteiger partial charge in [-0.3, -0.25) is 0 Å². The van der Waals surface area contributed by atoms with E-state index in [-0.39, 0.29) is 19.0 Å². The lowest BCUT2D eigenvalue weighted by atomic mass is 10.1. The summed E-state index contributed by atoms with van der Waals surface area (Å²) in [5, 5.41) is 0.799. The van der Waals surface area contributed by atoms with E-state index >= 15 is 0 Å². The first-order valence-corrected chi connectivity index (χ1v) is 9.68. The molecular formula is C25H20O6. The highest BCUT2D eigenvalue weighted by Gasteiger charge is 2.22. The molecule has 0 unspecified atom stereocenters. The number of hydrogen-bond acceptors (Lipinski definition) is 6. The molecule has 0 atom stereocenters. The van der Waals surface area contributed by atoms with Crippen LogP contribution in [0.15, 0.2) is 83.3 Å². The average molecular weight is 416 g/mol. The minimum atomic E-state index is -0.583. The van der Waals surface area contributed by atoms with Crippen LogP contribution < -0.4 is 4.74 Å². The van der Waals surface area contributed by atoms with Crippen LogP contribution >= 0.6 is 0 Å². The third-order valence-corrected chi connectivity index (χ3v) is 4.76. The van der Waals surface area contributed by atoms with E-state index in [9.17, 15) is 9.59 Å². The molecular weight excluding hydrogens is 396 g/mol. The fourth-order valence-corrected chi connectivity index (χ4v) is 3.15. The molecule has 0 aliphatic rings. The Kier molecular flexibility index (Phi) is 5.98. The minimum absolute atomic E-state index is 0.0380. The summed E-state index contributed by atoms with van der Waals surface area (Å²) in [5.41, 5.74) is 2.38. The molecule has 0 fully saturated rings. The van der Waals surface area contributed by atoms with Gasteiger partial charge in [0, 0.05) is 5.39 Å². The van der Waals surface area contributed by atoms with Crippen LogP contribution in [0.25, 0.3) is 11.0 Å². The second-order valence-electron chi connectivity index (χ2n) is 6.77. The van der Waals surface area contributed by atoms with Gasteiger partial charge in [0.1, 0.15) is 24.5 Å². The first-order chi connectivity index (χ1) is 15.2. The molecule has 0 aliphatic heterocycles. The van der Waals surface area contributed by atoms with Gasteiger partial charge in [0.15, 0.2) is 0 Å². The van der Waals surface area contributed by atoms with E-state index in [1.807, 2.05) is 48.5 Å². The van der Waals surface area contributed by atoms with E-state index in [1.54, 1.807) is 30.3 Å². The fraction of sp³-hybridized carbons (Fsp3) is 0.120. The van der Waals surface area contributed by atoms with Crippen molar-refractivity contribution in [2.45, 2.75) is 13.2 Å². The second-order valence-corrected chi connectivity index (χ2v) is 6.77. The van der Waals surface area contributed by atoms with Gasteiger partial charge >= 0.3 is 11.9 Å². The van der Waals surface area contributed by atoms with Crippen molar-refractivity contribution in [2.75, 3.05) is 7.11 Å². The molecule has 0 bridgehead atoms. The quantitative estimate of drug-likeness (QED) is 0.388. The summed E-state index contributed by atoms with van der Waals surface area (Å²) in [4.78, 5) is 24.3. The van der Waals surface area contributed by atoms with Crippen LogP contribution in [-0.4, -0.2) is 19.0 Å². The Bertz CT molecular complexity index is 1190. The molecule has 0 saturated heterocycles. The number of carbonyl (C=O) groups excluding carboxylic acids is 2. The van der Waals surface area contributed by atoms with E-state index < -0.39 is 11.9 Å². The van der Waals surface area contributed by atoms with E-state index in [2.05, 4.69) is 4.74 Å². The number of hydrogen-bond donors (Lipinski definition) is 0. The van der Waals surface area contributed by atoms with Crippen molar-refractivity contribution in [3.63, 3.8) is 0 Å². The normalized spacial score (nSPS) is 10.6. The van der Waals surface area contributed by atoms with Crippen LogP contribution in [0, 0.1) is 0 Å². The molecule has 31 heavy (non-hydrogen) atoms. The zero-order chi connectivity index (χ0) is 21.6. The van der Waals surface area contributed by atoms with E-state index in [4.69, 9.17) is 13.9 Å². The number of rotatable bonds is 7. The summed E-state index contributed by atoms with van der Waals surface area (Å²) in [6.45, 7) is 0.204. The van der Waals surface area contributed by atoms with Gasteiger partial charge in [-0.2, -0.15) is 0 Å². The fourth-order valence-electron chi connectivity index (χ4n) is 3.15. The summed E-state index contributed by atoms with van der Waals surface area (Å²) in [6.07, 6.45) is 0. The minimum Gasteiger partial charge on any atom is -0.489 e. The van der Waals surface area contributed by atoms with Gasteiger partial charge in [0.05, 0.1) is 18.2 Å². The monoisotopic (exact) mass is 416 g/mol. The SMILES string of the molecule is COC(=O)c1ccc(COC(=O)c2oc3ccccc3c2COc2ccccc2)cc1. The van der Waals surface area contributed by atoms with E-state index in [0.29, 0.717) is 22.5 Å². The summed E-state index contributed by atoms with van der Waals surface area (Å²) in [6, 6.07) is 23.4. The molecule has 6 nitrogen and oxygen atoms in total. The van der Waals surface area contributed by atoms with Crippen molar-refractivity contribution >= 4 is 22.9 Å². The van der Waals surface area contributed by atoms with Crippen LogP contribution in [0.1, 0.15) is 32.0 Å². The van der Waals surface area contributed by atoms with Crippen molar-refractivity contribution in [1.29, 1.82) is 0 Å². The van der Waals surface area contributed by atoms with E-state index in [1.165, 1.54) is 7.11 Å². The van der Waals surface area contributed by atoms with Gasteiger partial charge < -0.3 is 18.6 Å². The lowest BCUT2D eigenvalue weighted by molar-refractivity contribution is 0.0434. The van der Waals surface area contributed by atoms with Crippen LogP contribution in [0.5, 0.6) is 5.75 Å². The molecule has 1 aromatic heterocycles. The molecule has 4 rings (SSSR count). The maximum atomic E-state index is 12.8. The first-order valence-electron chi connectivity index (χ1n) is 9.68. The van der Waals surface area contributed by atoms with Crippen LogP contribution in [-0.2, 0) is 22.7 Å². The Hall–Kier alpha value is -4.06. The molecule has 0 spiro atoms. The molecule has 156 valence electrons. The Morgan fingerprint density at radius 1 is 0.806 bits per heavy atom.